The normalized spacial score (nSPS) is 23.6. The van der Waals surface area contributed by atoms with E-state index >= 15 is 0 Å². The molecule has 6 nitrogen and oxygen atoms in total. The Kier molecular flexibility index (Phi) is 7.59. The van der Waals surface area contributed by atoms with E-state index in [2.05, 4.69) is 16.0 Å². The topological polar surface area (TPSA) is 73.5 Å². The molecule has 3 aliphatic rings. The first-order valence-electron chi connectivity index (χ1n) is 10.8. The van der Waals surface area contributed by atoms with Gasteiger partial charge in [-0.1, -0.05) is 19.3 Å². The summed E-state index contributed by atoms with van der Waals surface area (Å²) < 4.78 is 0. The van der Waals surface area contributed by atoms with Crippen molar-refractivity contribution in [3.63, 3.8) is 0 Å². The molecule has 2 aliphatic heterocycles. The highest BCUT2D eigenvalue weighted by molar-refractivity contribution is 5.76. The van der Waals surface area contributed by atoms with Gasteiger partial charge < -0.3 is 20.9 Å². The fourth-order valence-electron chi connectivity index (χ4n) is 4.59. The van der Waals surface area contributed by atoms with E-state index in [9.17, 15) is 9.59 Å². The van der Waals surface area contributed by atoms with Crippen LogP contribution >= 0.6 is 0 Å². The number of piperidine rings is 2. The van der Waals surface area contributed by atoms with Crippen molar-refractivity contribution in [1.29, 1.82) is 0 Å². The van der Waals surface area contributed by atoms with Crippen LogP contribution in [0.3, 0.4) is 0 Å². The Morgan fingerprint density at radius 3 is 2.12 bits per heavy atom. The first-order chi connectivity index (χ1) is 12.7. The van der Waals surface area contributed by atoms with Crippen molar-refractivity contribution in [3.8, 4) is 0 Å². The maximum absolute atomic E-state index is 12.4. The van der Waals surface area contributed by atoms with E-state index in [1.54, 1.807) is 0 Å². The van der Waals surface area contributed by atoms with E-state index < -0.39 is 0 Å². The molecule has 0 radical (unpaired) electrons. The summed E-state index contributed by atoms with van der Waals surface area (Å²) in [6, 6.07) is 0.528. The summed E-state index contributed by atoms with van der Waals surface area (Å²) in [6.45, 7) is 3.75. The van der Waals surface area contributed by atoms with Crippen LogP contribution in [0.1, 0.15) is 70.6 Å². The molecule has 0 aromatic heterocycles. The summed E-state index contributed by atoms with van der Waals surface area (Å²) >= 11 is 0. The van der Waals surface area contributed by atoms with Gasteiger partial charge in [-0.05, 0) is 64.0 Å². The molecule has 2 saturated heterocycles. The number of nitrogens with zero attached hydrogens (tertiary/aromatic N) is 1. The first kappa shape index (κ1) is 19.5. The Hall–Kier alpha value is -1.30. The van der Waals surface area contributed by atoms with Gasteiger partial charge in [0.2, 0.25) is 5.91 Å². The first-order valence-corrected chi connectivity index (χ1v) is 10.8. The van der Waals surface area contributed by atoms with Crippen LogP contribution in [0.2, 0.25) is 0 Å². The van der Waals surface area contributed by atoms with Gasteiger partial charge in [0.15, 0.2) is 0 Å². The zero-order valence-corrected chi connectivity index (χ0v) is 16.1. The average Bonchev–Trinajstić information content (AvgIpc) is 2.68. The van der Waals surface area contributed by atoms with Crippen molar-refractivity contribution in [2.24, 2.45) is 5.92 Å². The summed E-state index contributed by atoms with van der Waals surface area (Å²) in [4.78, 5) is 26.6. The average molecular weight is 365 g/mol. The molecule has 26 heavy (non-hydrogen) atoms. The predicted octanol–water partition coefficient (Wildman–Crippen LogP) is 2.39. The number of urea groups is 1. The lowest BCUT2D eigenvalue weighted by molar-refractivity contribution is -0.132. The number of carbonyl (C=O) groups excluding carboxylic acids is 2. The molecule has 1 saturated carbocycles. The molecule has 0 aromatic rings. The SMILES string of the molecule is O=C(NC1CCCCC1)NC1CCN(C(=O)CCC2CCNCC2)CC1. The lowest BCUT2D eigenvalue weighted by atomic mass is 9.93. The second-order valence-corrected chi connectivity index (χ2v) is 8.34. The molecule has 1 aliphatic carbocycles. The van der Waals surface area contributed by atoms with Crippen molar-refractivity contribution < 1.29 is 9.59 Å². The zero-order valence-electron chi connectivity index (χ0n) is 16.1. The Morgan fingerprint density at radius 2 is 1.46 bits per heavy atom. The third kappa shape index (κ3) is 6.15. The van der Waals surface area contributed by atoms with Crippen molar-refractivity contribution in [2.75, 3.05) is 26.2 Å². The molecule has 0 aromatic carbocycles. The summed E-state index contributed by atoms with van der Waals surface area (Å²) in [5.74, 6) is 1.01. The van der Waals surface area contributed by atoms with Crippen molar-refractivity contribution in [1.82, 2.24) is 20.9 Å². The molecule has 2 heterocycles. The molecule has 0 bridgehead atoms. The standard InChI is InChI=1S/C20H36N4O2/c25-19(7-6-16-8-12-21-13-9-16)24-14-10-18(11-15-24)23-20(26)22-17-4-2-1-3-5-17/h16-18,21H,1-15H2,(H2,22,23,26). The molecule has 0 atom stereocenters. The number of likely N-dealkylation sites (tertiary alicyclic amines) is 1. The van der Waals surface area contributed by atoms with E-state index in [4.69, 9.17) is 0 Å². The van der Waals surface area contributed by atoms with Crippen LogP contribution in [-0.2, 0) is 4.79 Å². The van der Waals surface area contributed by atoms with E-state index in [0.29, 0.717) is 24.3 Å². The molecule has 148 valence electrons. The van der Waals surface area contributed by atoms with Crippen LogP contribution in [0, 0.1) is 5.92 Å². The van der Waals surface area contributed by atoms with Crippen LogP contribution in [0.25, 0.3) is 0 Å². The van der Waals surface area contributed by atoms with E-state index in [-0.39, 0.29) is 12.1 Å². The molecule has 3 N–H and O–H groups in total. The second kappa shape index (κ2) is 10.1. The van der Waals surface area contributed by atoms with Gasteiger partial charge >= 0.3 is 6.03 Å². The largest absolute Gasteiger partial charge is 0.343 e. The fourth-order valence-corrected chi connectivity index (χ4v) is 4.59. The molecule has 3 amide bonds. The van der Waals surface area contributed by atoms with Crippen LogP contribution in [0.5, 0.6) is 0 Å². The molecule has 3 rings (SSSR count). The van der Waals surface area contributed by atoms with E-state index in [1.165, 1.54) is 32.1 Å². The quantitative estimate of drug-likeness (QED) is 0.701. The van der Waals surface area contributed by atoms with Gasteiger partial charge in [0, 0.05) is 31.6 Å². The molecule has 0 unspecified atom stereocenters. The predicted molar refractivity (Wildman–Crippen MR) is 103 cm³/mol. The second-order valence-electron chi connectivity index (χ2n) is 8.34. The number of hydrogen-bond donors (Lipinski definition) is 3. The van der Waals surface area contributed by atoms with E-state index in [1.807, 2.05) is 4.90 Å². The monoisotopic (exact) mass is 364 g/mol. The van der Waals surface area contributed by atoms with Crippen LogP contribution < -0.4 is 16.0 Å². The lowest BCUT2D eigenvalue weighted by Gasteiger charge is -2.33. The van der Waals surface area contributed by atoms with Gasteiger partial charge in [0.1, 0.15) is 0 Å². The molecular formula is C20H36N4O2. The zero-order chi connectivity index (χ0) is 18.2. The minimum Gasteiger partial charge on any atom is -0.343 e. The third-order valence-corrected chi connectivity index (χ3v) is 6.35. The van der Waals surface area contributed by atoms with Crippen LogP contribution in [0.4, 0.5) is 4.79 Å². The van der Waals surface area contributed by atoms with Crippen LogP contribution in [0.15, 0.2) is 0 Å². The maximum Gasteiger partial charge on any atom is 0.315 e. The summed E-state index contributed by atoms with van der Waals surface area (Å²) in [7, 11) is 0. The highest BCUT2D eigenvalue weighted by Crippen LogP contribution is 2.20. The van der Waals surface area contributed by atoms with Gasteiger partial charge in [0.05, 0.1) is 0 Å². The number of carbonyl (C=O) groups is 2. The molecule has 3 fully saturated rings. The molecule has 0 spiro atoms. The minimum absolute atomic E-state index is 0.0208. The Balaban J connectivity index is 1.30. The van der Waals surface area contributed by atoms with Crippen molar-refractivity contribution in [2.45, 2.75) is 82.7 Å². The Labute approximate surface area is 157 Å². The fraction of sp³-hybridized carbons (Fsp3) is 0.900. The molecular weight excluding hydrogens is 328 g/mol. The van der Waals surface area contributed by atoms with Gasteiger partial charge in [-0.25, -0.2) is 4.79 Å². The smallest absolute Gasteiger partial charge is 0.315 e. The highest BCUT2D eigenvalue weighted by atomic mass is 16.2. The summed E-state index contributed by atoms with van der Waals surface area (Å²) in [5, 5.41) is 9.61. The Bertz CT molecular complexity index is 451. The maximum atomic E-state index is 12.4. The van der Waals surface area contributed by atoms with E-state index in [0.717, 1.165) is 58.3 Å². The van der Waals surface area contributed by atoms with Gasteiger partial charge in [0.25, 0.3) is 0 Å². The third-order valence-electron chi connectivity index (χ3n) is 6.35. The molecule has 6 heteroatoms. The summed E-state index contributed by atoms with van der Waals surface area (Å²) in [5.41, 5.74) is 0. The summed E-state index contributed by atoms with van der Waals surface area (Å²) in [6.07, 6.45) is 11.8. The minimum atomic E-state index is -0.0208. The van der Waals surface area contributed by atoms with Gasteiger partial charge in [-0.3, -0.25) is 4.79 Å². The van der Waals surface area contributed by atoms with Crippen LogP contribution in [-0.4, -0.2) is 55.1 Å². The van der Waals surface area contributed by atoms with Crippen molar-refractivity contribution in [3.05, 3.63) is 0 Å². The van der Waals surface area contributed by atoms with Gasteiger partial charge in [-0.2, -0.15) is 0 Å². The number of amides is 3. The van der Waals surface area contributed by atoms with Gasteiger partial charge in [-0.15, -0.1) is 0 Å². The lowest BCUT2D eigenvalue weighted by Crippen LogP contribution is -2.51. The number of hydrogen-bond acceptors (Lipinski definition) is 3. The number of rotatable bonds is 5. The van der Waals surface area contributed by atoms with Crippen molar-refractivity contribution >= 4 is 11.9 Å². The Morgan fingerprint density at radius 1 is 0.846 bits per heavy atom. The number of nitrogens with one attached hydrogen (secondary N) is 3. The highest BCUT2D eigenvalue weighted by Gasteiger charge is 2.25.